The van der Waals surface area contributed by atoms with E-state index in [9.17, 15) is 13.2 Å². The Labute approximate surface area is 180 Å². The van der Waals surface area contributed by atoms with Gasteiger partial charge >= 0.3 is 0 Å². The highest BCUT2D eigenvalue weighted by Gasteiger charge is 2.21. The summed E-state index contributed by atoms with van der Waals surface area (Å²) in [7, 11) is -3.98. The zero-order valence-corrected chi connectivity index (χ0v) is 18.4. The number of hydrogen-bond acceptors (Lipinski definition) is 5. The van der Waals surface area contributed by atoms with Crippen LogP contribution >= 0.6 is 11.6 Å². The number of aryl methyl sites for hydroxylation is 1. The topological polar surface area (TPSA) is 90.3 Å². The monoisotopic (exact) mass is 447 g/mol. The van der Waals surface area contributed by atoms with Crippen LogP contribution in [-0.4, -0.2) is 30.0 Å². The largest absolute Gasteiger partial charge is 0.491 e. The predicted octanol–water partition coefficient (Wildman–Crippen LogP) is 3.80. The Balaban J connectivity index is 1.76. The minimum atomic E-state index is -3.98. The summed E-state index contributed by atoms with van der Waals surface area (Å²) in [6.07, 6.45) is 1.54. The van der Waals surface area contributed by atoms with Crippen molar-refractivity contribution >= 4 is 27.5 Å². The van der Waals surface area contributed by atoms with E-state index < -0.39 is 15.9 Å². The summed E-state index contributed by atoms with van der Waals surface area (Å²) in [5, 5.41) is 0.527. The Kier molecular flexibility index (Phi) is 6.48. The summed E-state index contributed by atoms with van der Waals surface area (Å²) in [6.45, 7) is 5.97. The quantitative estimate of drug-likeness (QED) is 0.595. The van der Waals surface area contributed by atoms with Gasteiger partial charge in [0, 0.05) is 11.2 Å². The van der Waals surface area contributed by atoms with Crippen LogP contribution in [-0.2, 0) is 16.6 Å². The summed E-state index contributed by atoms with van der Waals surface area (Å²) >= 11 is 6.37. The van der Waals surface area contributed by atoms with Crippen LogP contribution in [0.2, 0.25) is 5.02 Å². The van der Waals surface area contributed by atoms with Crippen molar-refractivity contribution in [3.8, 4) is 5.75 Å². The summed E-state index contributed by atoms with van der Waals surface area (Å²) in [5.41, 5.74) is 0.819. The van der Waals surface area contributed by atoms with E-state index in [0.717, 1.165) is 5.56 Å². The molecular weight excluding hydrogens is 426 g/mol. The second kappa shape index (κ2) is 8.89. The summed E-state index contributed by atoms with van der Waals surface area (Å²) in [5.74, 6) is 0.426. The van der Waals surface area contributed by atoms with Crippen molar-refractivity contribution in [2.24, 2.45) is 0 Å². The van der Waals surface area contributed by atoms with Gasteiger partial charge in [-0.2, -0.15) is 0 Å². The number of hydrogen-bond donors (Lipinski definition) is 1. The molecule has 0 aliphatic carbocycles. The number of imidazole rings is 1. The van der Waals surface area contributed by atoms with Gasteiger partial charge in [0.2, 0.25) is 0 Å². The van der Waals surface area contributed by atoms with Crippen LogP contribution in [0.4, 0.5) is 0 Å². The SMILES string of the molecule is Cc1nc(C(=O)NS(=O)(=O)c2ccccc2)cn1Cc1ccc(OC(C)C)cc1Cl. The first-order valence-corrected chi connectivity index (χ1v) is 11.1. The summed E-state index contributed by atoms with van der Waals surface area (Å²) < 4.78 is 34.1. The van der Waals surface area contributed by atoms with Gasteiger partial charge in [0.15, 0.2) is 0 Å². The molecule has 9 heteroatoms. The molecule has 0 unspecified atom stereocenters. The van der Waals surface area contributed by atoms with E-state index in [0.29, 0.717) is 23.1 Å². The van der Waals surface area contributed by atoms with Crippen molar-refractivity contribution < 1.29 is 17.9 Å². The highest BCUT2D eigenvalue weighted by molar-refractivity contribution is 7.90. The van der Waals surface area contributed by atoms with Crippen LogP contribution < -0.4 is 9.46 Å². The first-order chi connectivity index (χ1) is 14.2. The van der Waals surface area contributed by atoms with Gasteiger partial charge in [0.05, 0.1) is 17.5 Å². The number of ether oxygens (including phenoxy) is 1. The number of sulfonamides is 1. The van der Waals surface area contributed by atoms with Gasteiger partial charge in [-0.3, -0.25) is 4.79 Å². The number of rotatable bonds is 7. The first kappa shape index (κ1) is 21.9. The van der Waals surface area contributed by atoms with E-state index in [-0.39, 0.29) is 16.7 Å². The smallest absolute Gasteiger partial charge is 0.285 e. The van der Waals surface area contributed by atoms with E-state index in [4.69, 9.17) is 16.3 Å². The lowest BCUT2D eigenvalue weighted by Gasteiger charge is -2.12. The van der Waals surface area contributed by atoms with E-state index in [1.54, 1.807) is 35.8 Å². The van der Waals surface area contributed by atoms with Crippen LogP contribution in [0.3, 0.4) is 0 Å². The molecule has 0 saturated heterocycles. The molecule has 2 aromatic carbocycles. The molecule has 0 fully saturated rings. The van der Waals surface area contributed by atoms with E-state index in [2.05, 4.69) is 4.98 Å². The highest BCUT2D eigenvalue weighted by atomic mass is 35.5. The fraction of sp³-hybridized carbons (Fsp3) is 0.238. The molecule has 0 radical (unpaired) electrons. The third kappa shape index (κ3) is 5.20. The number of nitrogens with one attached hydrogen (secondary N) is 1. The molecule has 1 N–H and O–H groups in total. The Morgan fingerprint density at radius 1 is 1.20 bits per heavy atom. The number of aromatic nitrogens is 2. The minimum Gasteiger partial charge on any atom is -0.491 e. The molecule has 0 bridgehead atoms. The van der Waals surface area contributed by atoms with Crippen molar-refractivity contribution in [1.82, 2.24) is 14.3 Å². The van der Waals surface area contributed by atoms with Crippen molar-refractivity contribution in [2.45, 2.75) is 38.3 Å². The van der Waals surface area contributed by atoms with E-state index >= 15 is 0 Å². The van der Waals surface area contributed by atoms with Gasteiger partial charge < -0.3 is 9.30 Å². The molecule has 0 aliphatic rings. The second-order valence-electron chi connectivity index (χ2n) is 6.97. The van der Waals surface area contributed by atoms with Crippen LogP contribution in [0, 0.1) is 6.92 Å². The predicted molar refractivity (Wildman–Crippen MR) is 114 cm³/mol. The molecule has 1 heterocycles. The highest BCUT2D eigenvalue weighted by Crippen LogP contribution is 2.24. The molecule has 30 heavy (non-hydrogen) atoms. The molecular formula is C21H22ClN3O4S. The Morgan fingerprint density at radius 2 is 1.90 bits per heavy atom. The molecule has 0 spiro atoms. The second-order valence-corrected chi connectivity index (χ2v) is 9.06. The molecule has 0 aliphatic heterocycles. The molecule has 158 valence electrons. The molecule has 3 aromatic rings. The number of carbonyl (C=O) groups is 1. The molecule has 0 atom stereocenters. The molecule has 0 saturated carbocycles. The van der Waals surface area contributed by atoms with E-state index in [1.807, 2.05) is 30.7 Å². The Bertz CT molecular complexity index is 1160. The standard InChI is InChI=1S/C21H22ClN3O4S/c1-14(2)29-17-10-9-16(19(22)11-17)12-25-13-20(23-15(25)3)21(26)24-30(27,28)18-7-5-4-6-8-18/h4-11,13-14H,12H2,1-3H3,(H,24,26). The summed E-state index contributed by atoms with van der Waals surface area (Å²) in [4.78, 5) is 16.7. The lowest BCUT2D eigenvalue weighted by atomic mass is 10.2. The lowest BCUT2D eigenvalue weighted by molar-refractivity contribution is 0.0977. The third-order valence-electron chi connectivity index (χ3n) is 4.23. The van der Waals surface area contributed by atoms with Crippen LogP contribution in [0.1, 0.15) is 35.7 Å². The maximum absolute atomic E-state index is 12.5. The van der Waals surface area contributed by atoms with Gasteiger partial charge in [0.1, 0.15) is 17.3 Å². The van der Waals surface area contributed by atoms with Crippen LogP contribution in [0.25, 0.3) is 0 Å². The maximum atomic E-state index is 12.5. The van der Waals surface area contributed by atoms with Gasteiger partial charge in [-0.1, -0.05) is 35.9 Å². The number of nitrogens with zero attached hydrogens (tertiary/aromatic N) is 2. The lowest BCUT2D eigenvalue weighted by Crippen LogP contribution is -2.30. The average molecular weight is 448 g/mol. The molecule has 1 aromatic heterocycles. The number of amides is 1. The summed E-state index contributed by atoms with van der Waals surface area (Å²) in [6, 6.07) is 13.1. The number of benzene rings is 2. The van der Waals surface area contributed by atoms with Gasteiger partial charge in [-0.15, -0.1) is 0 Å². The number of carbonyl (C=O) groups excluding carboxylic acids is 1. The molecule has 3 rings (SSSR count). The average Bonchev–Trinajstić information content (AvgIpc) is 3.04. The van der Waals surface area contributed by atoms with Crippen molar-refractivity contribution in [2.75, 3.05) is 0 Å². The zero-order chi connectivity index (χ0) is 21.9. The van der Waals surface area contributed by atoms with Crippen molar-refractivity contribution in [3.05, 3.63) is 76.8 Å². The van der Waals surface area contributed by atoms with E-state index in [1.165, 1.54) is 18.3 Å². The Hall–Kier alpha value is -2.84. The zero-order valence-electron chi connectivity index (χ0n) is 16.8. The maximum Gasteiger partial charge on any atom is 0.285 e. The van der Waals surface area contributed by atoms with Gasteiger partial charge in [-0.25, -0.2) is 18.1 Å². The fourth-order valence-electron chi connectivity index (χ4n) is 2.80. The van der Waals surface area contributed by atoms with Crippen LogP contribution in [0.5, 0.6) is 5.75 Å². The minimum absolute atomic E-state index is 0.00268. The third-order valence-corrected chi connectivity index (χ3v) is 5.92. The fourth-order valence-corrected chi connectivity index (χ4v) is 4.01. The number of halogens is 1. The normalized spacial score (nSPS) is 11.5. The van der Waals surface area contributed by atoms with Crippen LogP contribution in [0.15, 0.2) is 59.6 Å². The molecule has 1 amide bonds. The first-order valence-electron chi connectivity index (χ1n) is 9.27. The van der Waals surface area contributed by atoms with Gasteiger partial charge in [0.25, 0.3) is 15.9 Å². The molecule has 7 nitrogen and oxygen atoms in total. The Morgan fingerprint density at radius 3 is 2.53 bits per heavy atom. The van der Waals surface area contributed by atoms with Crippen molar-refractivity contribution in [3.63, 3.8) is 0 Å². The van der Waals surface area contributed by atoms with Gasteiger partial charge in [-0.05, 0) is 50.6 Å². The van der Waals surface area contributed by atoms with Crippen molar-refractivity contribution in [1.29, 1.82) is 0 Å².